The lowest BCUT2D eigenvalue weighted by Crippen LogP contribution is -2.03. The van der Waals surface area contributed by atoms with Gasteiger partial charge in [-0.05, 0) is 29.7 Å². The number of nitrogens with one attached hydrogen (secondary N) is 1. The van der Waals surface area contributed by atoms with Crippen molar-refractivity contribution < 1.29 is 9.66 Å². The number of hydrogen-bond acceptors (Lipinski definition) is 6. The minimum absolute atomic E-state index is 0.0430. The molecule has 0 unspecified atom stereocenters. The van der Waals surface area contributed by atoms with Crippen LogP contribution in [0.4, 0.5) is 17.2 Å². The molecule has 4 aromatic rings. The average Bonchev–Trinajstić information content (AvgIpc) is 2.67. The first-order valence-electron chi connectivity index (χ1n) is 8.39. The first-order valence-corrected chi connectivity index (χ1v) is 9.15. The molecular formula is C20H12Cl2N4O3. The SMILES string of the molecule is O=[N+]([O-])c1c(Nc2cc(Cl)cc(Cl)c2)ncnc1Oc1cccc2ccccc12. The molecule has 0 saturated carbocycles. The average molecular weight is 427 g/mol. The standard InChI is InChI=1S/C20H12Cl2N4O3/c21-13-8-14(22)10-15(9-13)25-19-18(26(27)28)20(24-11-23-19)29-17-7-3-5-12-4-1-2-6-16(12)17/h1-11H,(H,23,24,25). The quantitative estimate of drug-likeness (QED) is 0.294. The molecule has 0 fully saturated rings. The Bertz CT molecular complexity index is 1210. The van der Waals surface area contributed by atoms with Crippen LogP contribution in [0, 0.1) is 10.1 Å². The summed E-state index contributed by atoms with van der Waals surface area (Å²) in [6, 6.07) is 17.7. The van der Waals surface area contributed by atoms with E-state index in [2.05, 4.69) is 15.3 Å². The monoisotopic (exact) mass is 426 g/mol. The summed E-state index contributed by atoms with van der Waals surface area (Å²) in [5.74, 6) is 0.220. The van der Waals surface area contributed by atoms with Crippen LogP contribution in [0.25, 0.3) is 10.8 Å². The largest absolute Gasteiger partial charge is 0.433 e. The lowest BCUT2D eigenvalue weighted by molar-refractivity contribution is -0.385. The molecule has 1 N–H and O–H groups in total. The van der Waals surface area contributed by atoms with Gasteiger partial charge in [0, 0.05) is 21.1 Å². The highest BCUT2D eigenvalue weighted by molar-refractivity contribution is 6.35. The van der Waals surface area contributed by atoms with Crippen molar-refractivity contribution >= 4 is 51.2 Å². The van der Waals surface area contributed by atoms with Crippen molar-refractivity contribution in [2.75, 3.05) is 5.32 Å². The molecule has 1 heterocycles. The summed E-state index contributed by atoms with van der Waals surface area (Å²) >= 11 is 12.0. The third-order valence-electron chi connectivity index (χ3n) is 4.05. The van der Waals surface area contributed by atoms with E-state index in [1.54, 1.807) is 30.3 Å². The molecule has 3 aromatic carbocycles. The van der Waals surface area contributed by atoms with E-state index in [9.17, 15) is 10.1 Å². The van der Waals surface area contributed by atoms with E-state index in [1.807, 2.05) is 30.3 Å². The summed E-state index contributed by atoms with van der Waals surface area (Å²) in [7, 11) is 0. The van der Waals surface area contributed by atoms with Gasteiger partial charge in [0.15, 0.2) is 0 Å². The maximum Gasteiger partial charge on any atom is 0.373 e. The van der Waals surface area contributed by atoms with Gasteiger partial charge < -0.3 is 10.1 Å². The highest BCUT2D eigenvalue weighted by Crippen LogP contribution is 2.38. The highest BCUT2D eigenvalue weighted by atomic mass is 35.5. The zero-order valence-electron chi connectivity index (χ0n) is 14.7. The van der Waals surface area contributed by atoms with Crippen molar-refractivity contribution in [1.29, 1.82) is 0 Å². The van der Waals surface area contributed by atoms with Crippen LogP contribution in [0.3, 0.4) is 0 Å². The number of nitrogens with zero attached hydrogens (tertiary/aromatic N) is 3. The smallest absolute Gasteiger partial charge is 0.373 e. The summed E-state index contributed by atoms with van der Waals surface area (Å²) in [6.45, 7) is 0. The van der Waals surface area contributed by atoms with E-state index in [-0.39, 0.29) is 11.7 Å². The Balaban J connectivity index is 1.76. The van der Waals surface area contributed by atoms with E-state index in [0.717, 1.165) is 10.8 Å². The van der Waals surface area contributed by atoms with Crippen LogP contribution < -0.4 is 10.1 Å². The van der Waals surface area contributed by atoms with Gasteiger partial charge in [-0.25, -0.2) is 4.98 Å². The summed E-state index contributed by atoms with van der Waals surface area (Å²) in [5.41, 5.74) is 0.0388. The number of nitro groups is 1. The van der Waals surface area contributed by atoms with E-state index in [0.29, 0.717) is 21.5 Å². The Kier molecular flexibility index (Phi) is 5.16. The van der Waals surface area contributed by atoms with E-state index >= 15 is 0 Å². The number of rotatable bonds is 5. The van der Waals surface area contributed by atoms with Crippen LogP contribution in [-0.2, 0) is 0 Å². The first kappa shape index (κ1) is 18.9. The normalized spacial score (nSPS) is 10.7. The molecule has 144 valence electrons. The number of halogens is 2. The number of ether oxygens (including phenoxy) is 1. The molecule has 0 aliphatic rings. The molecule has 0 amide bonds. The Labute approximate surface area is 175 Å². The van der Waals surface area contributed by atoms with E-state index in [4.69, 9.17) is 27.9 Å². The van der Waals surface area contributed by atoms with Gasteiger partial charge in [-0.3, -0.25) is 10.1 Å². The molecule has 29 heavy (non-hydrogen) atoms. The van der Waals surface area contributed by atoms with Crippen LogP contribution in [0.5, 0.6) is 11.6 Å². The Hall–Kier alpha value is -3.42. The van der Waals surface area contributed by atoms with Crippen LogP contribution in [0.2, 0.25) is 10.0 Å². The number of anilines is 2. The number of fused-ring (bicyclic) bond motifs is 1. The molecule has 0 bridgehead atoms. The fourth-order valence-corrected chi connectivity index (χ4v) is 3.37. The lowest BCUT2D eigenvalue weighted by Gasteiger charge is -2.11. The summed E-state index contributed by atoms with van der Waals surface area (Å²) in [4.78, 5) is 19.1. The predicted molar refractivity (Wildman–Crippen MR) is 112 cm³/mol. The third-order valence-corrected chi connectivity index (χ3v) is 4.49. The molecule has 0 saturated heterocycles. The minimum atomic E-state index is -0.602. The third kappa shape index (κ3) is 4.06. The van der Waals surface area contributed by atoms with Crippen LogP contribution in [0.15, 0.2) is 67.0 Å². The number of aromatic nitrogens is 2. The fourth-order valence-electron chi connectivity index (χ4n) is 2.84. The van der Waals surface area contributed by atoms with Crippen LogP contribution in [-0.4, -0.2) is 14.9 Å². The van der Waals surface area contributed by atoms with Crippen molar-refractivity contribution in [3.05, 3.63) is 87.2 Å². The molecule has 0 radical (unpaired) electrons. The lowest BCUT2D eigenvalue weighted by atomic mass is 10.1. The zero-order chi connectivity index (χ0) is 20.4. The predicted octanol–water partition coefficient (Wildman–Crippen LogP) is 6.38. The van der Waals surface area contributed by atoms with Gasteiger partial charge in [0.05, 0.1) is 4.92 Å². The second-order valence-electron chi connectivity index (χ2n) is 6.00. The van der Waals surface area contributed by atoms with Gasteiger partial charge in [-0.1, -0.05) is 59.6 Å². The summed E-state index contributed by atoms with van der Waals surface area (Å²) < 4.78 is 5.83. The molecule has 0 spiro atoms. The molecule has 0 aliphatic carbocycles. The minimum Gasteiger partial charge on any atom is -0.433 e. The molecule has 9 heteroatoms. The number of benzene rings is 3. The van der Waals surface area contributed by atoms with E-state index in [1.165, 1.54) is 6.33 Å². The van der Waals surface area contributed by atoms with Gasteiger partial charge in [-0.2, -0.15) is 4.98 Å². The Morgan fingerprint density at radius 2 is 1.69 bits per heavy atom. The first-order chi connectivity index (χ1) is 14.0. The van der Waals surface area contributed by atoms with Gasteiger partial charge in [0.1, 0.15) is 12.1 Å². The van der Waals surface area contributed by atoms with E-state index < -0.39 is 10.6 Å². The van der Waals surface area contributed by atoms with Crippen molar-refractivity contribution in [3.8, 4) is 11.6 Å². The van der Waals surface area contributed by atoms with Crippen molar-refractivity contribution in [1.82, 2.24) is 9.97 Å². The fraction of sp³-hybridized carbons (Fsp3) is 0. The molecule has 0 aliphatic heterocycles. The van der Waals surface area contributed by atoms with Crippen molar-refractivity contribution in [2.45, 2.75) is 0 Å². The van der Waals surface area contributed by atoms with Crippen LogP contribution in [0.1, 0.15) is 0 Å². The maximum absolute atomic E-state index is 11.8. The second kappa shape index (κ2) is 7.90. The molecular weight excluding hydrogens is 415 g/mol. The Morgan fingerprint density at radius 1 is 0.966 bits per heavy atom. The molecule has 7 nitrogen and oxygen atoms in total. The molecule has 1 aromatic heterocycles. The topological polar surface area (TPSA) is 90.2 Å². The Morgan fingerprint density at radius 3 is 2.45 bits per heavy atom. The zero-order valence-corrected chi connectivity index (χ0v) is 16.2. The maximum atomic E-state index is 11.8. The summed E-state index contributed by atoms with van der Waals surface area (Å²) in [5, 5.41) is 17.1. The van der Waals surface area contributed by atoms with Gasteiger partial charge in [0.25, 0.3) is 0 Å². The van der Waals surface area contributed by atoms with Gasteiger partial charge in [0.2, 0.25) is 5.82 Å². The number of hydrogen-bond donors (Lipinski definition) is 1. The second-order valence-corrected chi connectivity index (χ2v) is 6.87. The van der Waals surface area contributed by atoms with Crippen molar-refractivity contribution in [2.24, 2.45) is 0 Å². The van der Waals surface area contributed by atoms with Gasteiger partial charge >= 0.3 is 11.6 Å². The van der Waals surface area contributed by atoms with Gasteiger partial charge in [-0.15, -0.1) is 0 Å². The molecule has 4 rings (SSSR count). The van der Waals surface area contributed by atoms with Crippen molar-refractivity contribution in [3.63, 3.8) is 0 Å². The molecule has 0 atom stereocenters. The summed E-state index contributed by atoms with van der Waals surface area (Å²) in [6.07, 6.45) is 1.18. The van der Waals surface area contributed by atoms with Crippen LogP contribution >= 0.6 is 23.2 Å². The highest BCUT2D eigenvalue weighted by Gasteiger charge is 2.25.